The molecule has 0 unspecified atom stereocenters. The van der Waals surface area contributed by atoms with Crippen molar-refractivity contribution >= 4 is 27.8 Å². The van der Waals surface area contributed by atoms with Gasteiger partial charge in [0.15, 0.2) is 11.5 Å². The molecule has 9 heteroatoms. The van der Waals surface area contributed by atoms with E-state index in [9.17, 15) is 13.2 Å². The summed E-state index contributed by atoms with van der Waals surface area (Å²) in [4.78, 5) is 12.9. The number of ether oxygens (including phenoxy) is 2. The summed E-state index contributed by atoms with van der Waals surface area (Å²) < 4.78 is 39.5. The number of benzene rings is 4. The number of rotatable bonds is 12. The molecule has 0 radical (unpaired) electrons. The first kappa shape index (κ1) is 28.4. The Morgan fingerprint density at radius 1 is 0.875 bits per heavy atom. The second kappa shape index (κ2) is 13.4. The molecule has 40 heavy (non-hydrogen) atoms. The molecule has 206 valence electrons. The highest BCUT2D eigenvalue weighted by atomic mass is 32.2. The van der Waals surface area contributed by atoms with Gasteiger partial charge in [0, 0.05) is 0 Å². The molecule has 0 heterocycles. The van der Waals surface area contributed by atoms with Crippen molar-refractivity contribution in [2.45, 2.75) is 25.3 Å². The number of carbonyl (C=O) groups is 1. The lowest BCUT2D eigenvalue weighted by Gasteiger charge is -2.23. The van der Waals surface area contributed by atoms with Gasteiger partial charge in [0.1, 0.15) is 13.2 Å². The predicted octanol–water partition coefficient (Wildman–Crippen LogP) is 5.32. The number of carbonyl (C=O) groups excluding carboxylic acids is 1. The Hall–Kier alpha value is -4.63. The van der Waals surface area contributed by atoms with Crippen molar-refractivity contribution in [3.63, 3.8) is 0 Å². The first-order valence-corrected chi connectivity index (χ1v) is 14.2. The molecule has 0 aliphatic rings. The Bertz CT molecular complexity index is 1540. The lowest BCUT2D eigenvalue weighted by atomic mass is 10.2. The second-order valence-electron chi connectivity index (χ2n) is 8.87. The maximum Gasteiger partial charge on any atom is 0.264 e. The Labute approximate surface area is 234 Å². The minimum atomic E-state index is -3.99. The van der Waals surface area contributed by atoms with Crippen LogP contribution in [0, 0.1) is 6.92 Å². The summed E-state index contributed by atoms with van der Waals surface area (Å²) in [6, 6.07) is 30.1. The van der Waals surface area contributed by atoms with Gasteiger partial charge in [-0.2, -0.15) is 5.10 Å². The fraction of sp³-hybridized carbons (Fsp3) is 0.161. The van der Waals surface area contributed by atoms with Gasteiger partial charge in [0.05, 0.1) is 23.4 Å². The monoisotopic (exact) mass is 557 g/mol. The van der Waals surface area contributed by atoms with Crippen molar-refractivity contribution in [3.05, 3.63) is 120 Å². The normalized spacial score (nSPS) is 11.2. The van der Waals surface area contributed by atoms with E-state index in [1.54, 1.807) is 60.7 Å². The molecular formula is C31H31N3O5S. The molecule has 4 aromatic carbocycles. The van der Waals surface area contributed by atoms with Crippen molar-refractivity contribution in [3.8, 4) is 11.5 Å². The Balaban J connectivity index is 1.46. The van der Waals surface area contributed by atoms with E-state index in [2.05, 4.69) is 10.5 Å². The van der Waals surface area contributed by atoms with E-state index in [1.807, 2.05) is 44.2 Å². The molecule has 1 N–H and O–H groups in total. The van der Waals surface area contributed by atoms with Crippen LogP contribution in [0.1, 0.15) is 23.6 Å². The summed E-state index contributed by atoms with van der Waals surface area (Å²) in [5.74, 6) is 0.545. The minimum Gasteiger partial charge on any atom is -0.490 e. The number of anilines is 1. The van der Waals surface area contributed by atoms with Crippen LogP contribution in [0.2, 0.25) is 0 Å². The zero-order valence-electron chi connectivity index (χ0n) is 22.4. The van der Waals surface area contributed by atoms with Crippen LogP contribution in [-0.4, -0.2) is 33.7 Å². The first-order chi connectivity index (χ1) is 19.4. The van der Waals surface area contributed by atoms with Crippen molar-refractivity contribution in [1.82, 2.24) is 5.43 Å². The zero-order chi connectivity index (χ0) is 28.4. The largest absolute Gasteiger partial charge is 0.490 e. The SMILES string of the molecule is CCOc1cc(/C=N\NC(=O)CN(c2ccc(C)cc2)S(=O)(=O)c2ccccc2)ccc1OCc1ccccc1. The maximum atomic E-state index is 13.4. The van der Waals surface area contributed by atoms with E-state index in [1.165, 1.54) is 18.3 Å². The Kier molecular flexibility index (Phi) is 9.53. The molecule has 0 saturated carbocycles. The fourth-order valence-electron chi connectivity index (χ4n) is 3.82. The Morgan fingerprint density at radius 2 is 1.55 bits per heavy atom. The van der Waals surface area contributed by atoms with E-state index in [-0.39, 0.29) is 4.90 Å². The minimum absolute atomic E-state index is 0.0879. The van der Waals surface area contributed by atoms with E-state index in [0.29, 0.717) is 36.0 Å². The standard InChI is InChI=1S/C31H31N3O5S/c1-3-38-30-20-26(16-19-29(30)39-23-25-10-6-4-7-11-25)21-32-33-31(35)22-34(27-17-14-24(2)15-18-27)40(36,37)28-12-8-5-9-13-28/h4-21H,3,22-23H2,1-2H3,(H,33,35)/b32-21-. The van der Waals surface area contributed by atoms with E-state index < -0.39 is 22.5 Å². The van der Waals surface area contributed by atoms with Gasteiger partial charge in [0.25, 0.3) is 15.9 Å². The molecule has 0 aliphatic heterocycles. The molecule has 0 fully saturated rings. The van der Waals surface area contributed by atoms with Crippen molar-refractivity contribution in [2.24, 2.45) is 5.10 Å². The lowest BCUT2D eigenvalue weighted by molar-refractivity contribution is -0.119. The van der Waals surface area contributed by atoms with Crippen molar-refractivity contribution in [2.75, 3.05) is 17.5 Å². The molecule has 0 aromatic heterocycles. The molecule has 4 aromatic rings. The van der Waals surface area contributed by atoms with Crippen molar-refractivity contribution < 1.29 is 22.7 Å². The van der Waals surface area contributed by atoms with Gasteiger partial charge in [0.2, 0.25) is 0 Å². The molecule has 8 nitrogen and oxygen atoms in total. The number of aryl methyl sites for hydroxylation is 1. The maximum absolute atomic E-state index is 13.4. The van der Waals surface area contributed by atoms with Crippen molar-refractivity contribution in [1.29, 1.82) is 0 Å². The average Bonchev–Trinajstić information content (AvgIpc) is 2.97. The number of hydrazone groups is 1. The second-order valence-corrected chi connectivity index (χ2v) is 10.7. The van der Waals surface area contributed by atoms with Crippen LogP contribution in [0.4, 0.5) is 5.69 Å². The molecule has 1 amide bonds. The van der Waals surface area contributed by atoms with Gasteiger partial charge in [-0.1, -0.05) is 66.2 Å². The summed E-state index contributed by atoms with van der Waals surface area (Å²) >= 11 is 0. The smallest absolute Gasteiger partial charge is 0.264 e. The van der Waals surface area contributed by atoms with Crippen LogP contribution in [0.3, 0.4) is 0 Å². The molecule has 0 atom stereocenters. The highest BCUT2D eigenvalue weighted by Crippen LogP contribution is 2.29. The molecule has 0 saturated heterocycles. The van der Waals surface area contributed by atoms with Crippen LogP contribution in [-0.2, 0) is 21.4 Å². The number of hydrogen-bond acceptors (Lipinski definition) is 6. The van der Waals surface area contributed by atoms with Crippen LogP contribution in [0.5, 0.6) is 11.5 Å². The van der Waals surface area contributed by atoms with Crippen LogP contribution < -0.4 is 19.2 Å². The fourth-order valence-corrected chi connectivity index (χ4v) is 5.26. The number of nitrogens with zero attached hydrogens (tertiary/aromatic N) is 2. The van der Waals surface area contributed by atoms with Crippen LogP contribution >= 0.6 is 0 Å². The van der Waals surface area contributed by atoms with Gasteiger partial charge in [-0.25, -0.2) is 13.8 Å². The Morgan fingerprint density at radius 3 is 2.23 bits per heavy atom. The molecular weight excluding hydrogens is 526 g/mol. The van der Waals surface area contributed by atoms with Crippen LogP contribution in [0.25, 0.3) is 0 Å². The third-order valence-corrected chi connectivity index (χ3v) is 7.64. The number of amides is 1. The predicted molar refractivity (Wildman–Crippen MR) is 156 cm³/mol. The van der Waals surface area contributed by atoms with Gasteiger partial charge < -0.3 is 9.47 Å². The summed E-state index contributed by atoms with van der Waals surface area (Å²) in [5, 5.41) is 4.04. The molecule has 0 bridgehead atoms. The van der Waals surface area contributed by atoms with Gasteiger partial charge in [-0.05, 0) is 67.4 Å². The third kappa shape index (κ3) is 7.48. The number of sulfonamides is 1. The summed E-state index contributed by atoms with van der Waals surface area (Å²) in [5.41, 5.74) is 5.48. The molecule has 0 spiro atoms. The quantitative estimate of drug-likeness (QED) is 0.188. The third-order valence-electron chi connectivity index (χ3n) is 5.85. The number of nitrogens with one attached hydrogen (secondary N) is 1. The van der Waals surface area contributed by atoms with E-state index >= 15 is 0 Å². The summed E-state index contributed by atoms with van der Waals surface area (Å²) in [7, 11) is -3.99. The molecule has 4 rings (SSSR count). The van der Waals surface area contributed by atoms with Gasteiger partial charge >= 0.3 is 0 Å². The van der Waals surface area contributed by atoms with Gasteiger partial charge in [-0.3, -0.25) is 9.10 Å². The molecule has 0 aliphatic carbocycles. The summed E-state index contributed by atoms with van der Waals surface area (Å²) in [6.45, 7) is 4.18. The van der Waals surface area contributed by atoms with Gasteiger partial charge in [-0.15, -0.1) is 0 Å². The lowest BCUT2D eigenvalue weighted by Crippen LogP contribution is -2.39. The first-order valence-electron chi connectivity index (χ1n) is 12.8. The summed E-state index contributed by atoms with van der Waals surface area (Å²) in [6.07, 6.45) is 1.46. The van der Waals surface area contributed by atoms with E-state index in [0.717, 1.165) is 15.4 Å². The van der Waals surface area contributed by atoms with E-state index in [4.69, 9.17) is 9.47 Å². The zero-order valence-corrected chi connectivity index (χ0v) is 23.2. The highest BCUT2D eigenvalue weighted by Gasteiger charge is 2.27. The average molecular weight is 558 g/mol. The number of hydrogen-bond donors (Lipinski definition) is 1. The highest BCUT2D eigenvalue weighted by molar-refractivity contribution is 7.92. The van der Waals surface area contributed by atoms with Crippen LogP contribution in [0.15, 0.2) is 113 Å². The topological polar surface area (TPSA) is 97.3 Å².